The van der Waals surface area contributed by atoms with Crippen LogP contribution in [0.15, 0.2) is 30.6 Å². The Hall–Kier alpha value is -1.24. The second kappa shape index (κ2) is 3.87. The van der Waals surface area contributed by atoms with Crippen molar-refractivity contribution in [3.63, 3.8) is 0 Å². The fourth-order valence-electron chi connectivity index (χ4n) is 1.04. The number of aromatic nitrogens is 2. The summed E-state index contributed by atoms with van der Waals surface area (Å²) >= 11 is 1.27. The molecule has 0 aliphatic heterocycles. The maximum atomic E-state index is 8.91. The third kappa shape index (κ3) is 1.82. The average molecular weight is 206 g/mol. The van der Waals surface area contributed by atoms with E-state index in [1.807, 2.05) is 0 Å². The topological polar surface area (TPSA) is 66.2 Å². The van der Waals surface area contributed by atoms with E-state index in [0.29, 0.717) is 10.6 Å². The van der Waals surface area contributed by atoms with Gasteiger partial charge in [0.05, 0.1) is 4.88 Å². The van der Waals surface area contributed by atoms with Crippen LogP contribution in [-0.4, -0.2) is 27.1 Å². The lowest BCUT2D eigenvalue weighted by Gasteiger charge is -1.93. The van der Waals surface area contributed by atoms with Crippen molar-refractivity contribution in [1.29, 1.82) is 0 Å². The van der Waals surface area contributed by atoms with Crippen molar-refractivity contribution in [2.24, 2.45) is 0 Å². The Morgan fingerprint density at radius 3 is 2.43 bits per heavy atom. The Labute approximate surface area is 85.0 Å². The molecule has 0 aliphatic carbocycles. The van der Waals surface area contributed by atoms with Gasteiger partial charge in [0.1, 0.15) is 0 Å². The van der Waals surface area contributed by atoms with Crippen LogP contribution in [0.3, 0.4) is 0 Å². The predicted molar refractivity (Wildman–Crippen MR) is 55.2 cm³/mol. The van der Waals surface area contributed by atoms with Crippen LogP contribution in [0.2, 0.25) is 0 Å². The van der Waals surface area contributed by atoms with E-state index in [2.05, 4.69) is 9.97 Å². The molecule has 6 heteroatoms. The van der Waals surface area contributed by atoms with E-state index in [9.17, 15) is 0 Å². The molecule has 0 fully saturated rings. The number of hydrogen-bond donors (Lipinski definition) is 2. The summed E-state index contributed by atoms with van der Waals surface area (Å²) in [5, 5.41) is 17.8. The Balaban J connectivity index is 2.34. The molecule has 2 heterocycles. The summed E-state index contributed by atoms with van der Waals surface area (Å²) < 4.78 is 0.493. The van der Waals surface area contributed by atoms with Gasteiger partial charge in [0.2, 0.25) is 0 Å². The average Bonchev–Trinajstić information content (AvgIpc) is 2.68. The summed E-state index contributed by atoms with van der Waals surface area (Å²) in [5.74, 6) is 0.601. The van der Waals surface area contributed by atoms with Crippen molar-refractivity contribution < 1.29 is 10.0 Å². The lowest BCUT2D eigenvalue weighted by atomic mass is 9.90. The van der Waals surface area contributed by atoms with Crippen LogP contribution in [0, 0.1) is 0 Å². The highest BCUT2D eigenvalue weighted by molar-refractivity contribution is 7.24. The minimum atomic E-state index is -1.42. The molecule has 0 amide bonds. The van der Waals surface area contributed by atoms with Crippen LogP contribution in [0.25, 0.3) is 10.7 Å². The first kappa shape index (κ1) is 9.33. The number of nitrogens with zero attached hydrogens (tertiary/aromatic N) is 2. The molecule has 0 atom stereocenters. The number of hydrogen-bond acceptors (Lipinski definition) is 5. The van der Waals surface area contributed by atoms with Crippen LogP contribution in [-0.2, 0) is 0 Å². The van der Waals surface area contributed by atoms with Gasteiger partial charge in [-0.05, 0) is 12.1 Å². The van der Waals surface area contributed by atoms with Gasteiger partial charge in [-0.1, -0.05) is 6.07 Å². The first-order valence-electron chi connectivity index (χ1n) is 4.00. The lowest BCUT2D eigenvalue weighted by Crippen LogP contribution is -2.26. The summed E-state index contributed by atoms with van der Waals surface area (Å²) in [6, 6.07) is 5.16. The molecule has 70 valence electrons. The molecule has 0 unspecified atom stereocenters. The Morgan fingerprint density at radius 1 is 1.14 bits per heavy atom. The molecule has 2 rings (SSSR count). The van der Waals surface area contributed by atoms with Crippen molar-refractivity contribution in [3.8, 4) is 10.7 Å². The Morgan fingerprint density at radius 2 is 1.86 bits per heavy atom. The van der Waals surface area contributed by atoms with Crippen LogP contribution in [0.1, 0.15) is 0 Å². The van der Waals surface area contributed by atoms with E-state index >= 15 is 0 Å². The van der Waals surface area contributed by atoms with Crippen molar-refractivity contribution in [2.75, 3.05) is 0 Å². The number of thiophene rings is 1. The fraction of sp³-hybridized carbons (Fsp3) is 0. The molecular weight excluding hydrogens is 199 g/mol. The van der Waals surface area contributed by atoms with Gasteiger partial charge in [-0.3, -0.25) is 0 Å². The zero-order valence-corrected chi connectivity index (χ0v) is 7.98. The molecule has 0 saturated carbocycles. The van der Waals surface area contributed by atoms with Gasteiger partial charge in [0.15, 0.2) is 5.82 Å². The van der Waals surface area contributed by atoms with E-state index in [0.717, 1.165) is 4.88 Å². The van der Waals surface area contributed by atoms with Crippen LogP contribution >= 0.6 is 11.3 Å². The van der Waals surface area contributed by atoms with Crippen LogP contribution in [0.5, 0.6) is 0 Å². The summed E-state index contributed by atoms with van der Waals surface area (Å²) in [6.07, 6.45) is 3.30. The summed E-state index contributed by atoms with van der Waals surface area (Å²) in [5.41, 5.74) is 0. The maximum Gasteiger partial charge on any atom is 0.499 e. The minimum absolute atomic E-state index is 0.493. The summed E-state index contributed by atoms with van der Waals surface area (Å²) in [7, 11) is -1.42. The van der Waals surface area contributed by atoms with Gasteiger partial charge in [-0.2, -0.15) is 0 Å². The van der Waals surface area contributed by atoms with Crippen molar-refractivity contribution in [1.82, 2.24) is 9.97 Å². The smallest absolute Gasteiger partial charge is 0.423 e. The molecule has 0 saturated heterocycles. The highest BCUT2D eigenvalue weighted by atomic mass is 32.1. The molecule has 0 aliphatic rings. The molecule has 0 aromatic carbocycles. The van der Waals surface area contributed by atoms with Crippen LogP contribution in [0.4, 0.5) is 0 Å². The number of rotatable bonds is 2. The minimum Gasteiger partial charge on any atom is -0.423 e. The van der Waals surface area contributed by atoms with E-state index in [-0.39, 0.29) is 0 Å². The first-order chi connectivity index (χ1) is 6.77. The zero-order valence-electron chi connectivity index (χ0n) is 7.16. The molecule has 2 aromatic heterocycles. The van der Waals surface area contributed by atoms with E-state index < -0.39 is 7.12 Å². The monoisotopic (exact) mass is 206 g/mol. The standard InChI is InChI=1S/C8H7BN2O2S/c12-9(13)7-3-2-6(14-7)8-10-4-1-5-11-8/h1-5,12-13H. The molecule has 0 bridgehead atoms. The molecule has 0 radical (unpaired) electrons. The van der Waals surface area contributed by atoms with Crippen LogP contribution < -0.4 is 4.78 Å². The second-order valence-electron chi connectivity index (χ2n) is 2.65. The molecule has 2 N–H and O–H groups in total. The Bertz CT molecular complexity index is 418. The van der Waals surface area contributed by atoms with Gasteiger partial charge in [0.25, 0.3) is 0 Å². The van der Waals surface area contributed by atoms with E-state index in [1.165, 1.54) is 11.3 Å². The second-order valence-corrected chi connectivity index (χ2v) is 3.76. The molecule has 4 nitrogen and oxygen atoms in total. The van der Waals surface area contributed by atoms with E-state index in [1.54, 1.807) is 30.6 Å². The lowest BCUT2D eigenvalue weighted by molar-refractivity contribution is 0.427. The molecular formula is C8H7BN2O2S. The van der Waals surface area contributed by atoms with Gasteiger partial charge >= 0.3 is 7.12 Å². The third-order valence-electron chi connectivity index (χ3n) is 1.67. The fourth-order valence-corrected chi connectivity index (χ4v) is 1.87. The van der Waals surface area contributed by atoms with Gasteiger partial charge in [0, 0.05) is 17.2 Å². The SMILES string of the molecule is OB(O)c1ccc(-c2ncccn2)s1. The van der Waals surface area contributed by atoms with E-state index in [4.69, 9.17) is 10.0 Å². The summed E-state index contributed by atoms with van der Waals surface area (Å²) in [4.78, 5) is 8.94. The highest BCUT2D eigenvalue weighted by Gasteiger charge is 2.14. The van der Waals surface area contributed by atoms with Gasteiger partial charge < -0.3 is 10.0 Å². The largest absolute Gasteiger partial charge is 0.499 e. The Kier molecular flexibility index (Phi) is 2.58. The van der Waals surface area contributed by atoms with Crippen molar-refractivity contribution in [3.05, 3.63) is 30.6 Å². The van der Waals surface area contributed by atoms with Gasteiger partial charge in [-0.15, -0.1) is 11.3 Å². The third-order valence-corrected chi connectivity index (χ3v) is 2.79. The molecule has 14 heavy (non-hydrogen) atoms. The van der Waals surface area contributed by atoms with Crippen molar-refractivity contribution >= 4 is 23.2 Å². The molecule has 2 aromatic rings. The summed E-state index contributed by atoms with van der Waals surface area (Å²) in [6.45, 7) is 0. The maximum absolute atomic E-state index is 8.91. The quantitative estimate of drug-likeness (QED) is 0.672. The predicted octanol–water partition coefficient (Wildman–Crippen LogP) is -0.115. The molecule has 0 spiro atoms. The zero-order chi connectivity index (χ0) is 9.97. The first-order valence-corrected chi connectivity index (χ1v) is 4.82. The van der Waals surface area contributed by atoms with Gasteiger partial charge in [-0.25, -0.2) is 9.97 Å². The normalized spacial score (nSPS) is 10.1. The van der Waals surface area contributed by atoms with Crippen molar-refractivity contribution in [2.45, 2.75) is 0 Å². The highest BCUT2D eigenvalue weighted by Crippen LogP contribution is 2.18.